The highest BCUT2D eigenvalue weighted by atomic mass is 16.4. The first-order chi connectivity index (χ1) is 8.82. The number of hydrogen-bond acceptors (Lipinski definition) is 2. The van der Waals surface area contributed by atoms with Gasteiger partial charge >= 0.3 is 12.0 Å². The number of carbonyl (C=O) groups excluding carboxylic acids is 1. The first-order valence-electron chi connectivity index (χ1n) is 7.14. The molecule has 0 spiro atoms. The first kappa shape index (κ1) is 18.7. The van der Waals surface area contributed by atoms with Crippen molar-refractivity contribution in [1.29, 1.82) is 0 Å². The third-order valence-corrected chi connectivity index (χ3v) is 2.73. The summed E-state index contributed by atoms with van der Waals surface area (Å²) in [5, 5.41) is 14.5. The van der Waals surface area contributed by atoms with Gasteiger partial charge in [-0.05, 0) is 38.0 Å². The Bertz CT molecular complexity index is 344. The zero-order chi connectivity index (χ0) is 16.1. The van der Waals surface area contributed by atoms with Crippen LogP contribution in [0.4, 0.5) is 4.79 Å². The lowest BCUT2D eigenvalue weighted by atomic mass is 9.82. The zero-order valence-electron chi connectivity index (χ0n) is 13.8. The van der Waals surface area contributed by atoms with Crippen molar-refractivity contribution in [3.63, 3.8) is 0 Å². The summed E-state index contributed by atoms with van der Waals surface area (Å²) in [6.45, 7) is 14.1. The maximum atomic E-state index is 12.0. The Hall–Kier alpha value is -1.26. The largest absolute Gasteiger partial charge is 0.480 e. The predicted octanol–water partition coefficient (Wildman–Crippen LogP) is 3.00. The highest BCUT2D eigenvalue weighted by Crippen LogP contribution is 2.26. The van der Waals surface area contributed by atoms with Gasteiger partial charge in [0.25, 0.3) is 0 Å². The number of carbonyl (C=O) groups is 2. The minimum Gasteiger partial charge on any atom is -0.480 e. The lowest BCUT2D eigenvalue weighted by molar-refractivity contribution is -0.139. The molecule has 0 heterocycles. The van der Waals surface area contributed by atoms with Gasteiger partial charge in [0.15, 0.2) is 0 Å². The van der Waals surface area contributed by atoms with Gasteiger partial charge in [-0.1, -0.05) is 34.6 Å². The van der Waals surface area contributed by atoms with Crippen LogP contribution in [0, 0.1) is 11.3 Å². The summed E-state index contributed by atoms with van der Waals surface area (Å²) in [6, 6.07) is -1.27. The standard InChI is InChI=1S/C15H30N2O3/c1-10(2)8-11(12(18)19)16-13(20)17-15(6,7)9-14(3,4)5/h10-11H,8-9H2,1-7H3,(H,18,19)(H2,16,17,20)/t11-/m0/s1. The number of nitrogens with one attached hydrogen (secondary N) is 2. The third-order valence-electron chi connectivity index (χ3n) is 2.73. The fourth-order valence-corrected chi connectivity index (χ4v) is 2.56. The van der Waals surface area contributed by atoms with E-state index in [0.29, 0.717) is 6.42 Å². The highest BCUT2D eigenvalue weighted by Gasteiger charge is 2.28. The number of carboxylic acids is 1. The number of urea groups is 1. The van der Waals surface area contributed by atoms with E-state index in [0.717, 1.165) is 6.42 Å². The molecule has 5 heteroatoms. The van der Waals surface area contributed by atoms with Gasteiger partial charge in [0.1, 0.15) is 6.04 Å². The number of carboxylic acid groups (broad SMARTS) is 1. The smallest absolute Gasteiger partial charge is 0.326 e. The van der Waals surface area contributed by atoms with Crippen molar-refractivity contribution in [2.45, 2.75) is 72.9 Å². The van der Waals surface area contributed by atoms with Gasteiger partial charge < -0.3 is 15.7 Å². The fraction of sp³-hybridized carbons (Fsp3) is 0.867. The Labute approximate surface area is 122 Å². The summed E-state index contributed by atoms with van der Waals surface area (Å²) in [7, 11) is 0. The van der Waals surface area contributed by atoms with E-state index < -0.39 is 18.0 Å². The molecule has 2 amide bonds. The average Bonchev–Trinajstić information content (AvgIpc) is 2.09. The lowest BCUT2D eigenvalue weighted by Crippen LogP contribution is -2.54. The second kappa shape index (κ2) is 6.95. The fourth-order valence-electron chi connectivity index (χ4n) is 2.56. The molecule has 0 unspecified atom stereocenters. The van der Waals surface area contributed by atoms with Crippen molar-refractivity contribution in [3.05, 3.63) is 0 Å². The topological polar surface area (TPSA) is 78.4 Å². The molecule has 0 aromatic carbocycles. The van der Waals surface area contributed by atoms with Crippen LogP contribution in [-0.2, 0) is 4.79 Å². The lowest BCUT2D eigenvalue weighted by Gasteiger charge is -2.33. The Morgan fingerprint density at radius 3 is 1.95 bits per heavy atom. The van der Waals surface area contributed by atoms with Crippen molar-refractivity contribution in [1.82, 2.24) is 10.6 Å². The average molecular weight is 286 g/mol. The van der Waals surface area contributed by atoms with Crippen LogP contribution in [0.3, 0.4) is 0 Å². The maximum absolute atomic E-state index is 12.0. The van der Waals surface area contributed by atoms with Gasteiger partial charge in [0.05, 0.1) is 0 Å². The second-order valence-electron chi connectivity index (χ2n) is 7.74. The molecule has 0 bridgehead atoms. The second-order valence-corrected chi connectivity index (χ2v) is 7.74. The molecule has 0 saturated heterocycles. The summed E-state index contributed by atoms with van der Waals surface area (Å²) in [5.41, 5.74) is -0.301. The Kier molecular flexibility index (Phi) is 6.51. The number of hydrogen-bond donors (Lipinski definition) is 3. The molecule has 3 N–H and O–H groups in total. The Morgan fingerprint density at radius 1 is 1.10 bits per heavy atom. The molecule has 0 aliphatic heterocycles. The van der Waals surface area contributed by atoms with Gasteiger partial charge in [0.2, 0.25) is 0 Å². The molecule has 5 nitrogen and oxygen atoms in total. The van der Waals surface area contributed by atoms with E-state index in [2.05, 4.69) is 31.4 Å². The van der Waals surface area contributed by atoms with E-state index in [1.54, 1.807) is 0 Å². The minimum absolute atomic E-state index is 0.0842. The third kappa shape index (κ3) is 8.77. The highest BCUT2D eigenvalue weighted by molar-refractivity contribution is 5.82. The van der Waals surface area contributed by atoms with Crippen LogP contribution < -0.4 is 10.6 Å². The van der Waals surface area contributed by atoms with Crippen LogP contribution in [-0.4, -0.2) is 28.7 Å². The van der Waals surface area contributed by atoms with E-state index >= 15 is 0 Å². The molecule has 20 heavy (non-hydrogen) atoms. The molecule has 0 radical (unpaired) electrons. The summed E-state index contributed by atoms with van der Waals surface area (Å²) < 4.78 is 0. The van der Waals surface area contributed by atoms with E-state index in [1.807, 2.05) is 27.7 Å². The van der Waals surface area contributed by atoms with Crippen LogP contribution in [0.1, 0.15) is 61.3 Å². The predicted molar refractivity (Wildman–Crippen MR) is 80.7 cm³/mol. The summed E-state index contributed by atoms with van der Waals surface area (Å²) in [5.74, 6) is -0.790. The van der Waals surface area contributed by atoms with E-state index in [-0.39, 0.29) is 16.9 Å². The maximum Gasteiger partial charge on any atom is 0.326 e. The monoisotopic (exact) mass is 286 g/mol. The quantitative estimate of drug-likeness (QED) is 0.702. The molecule has 118 valence electrons. The molecule has 0 aromatic rings. The van der Waals surface area contributed by atoms with Crippen molar-refractivity contribution < 1.29 is 14.7 Å². The van der Waals surface area contributed by atoms with Crippen molar-refractivity contribution in [2.75, 3.05) is 0 Å². The van der Waals surface area contributed by atoms with Crippen LogP contribution >= 0.6 is 0 Å². The van der Waals surface area contributed by atoms with E-state index in [1.165, 1.54) is 0 Å². The zero-order valence-corrected chi connectivity index (χ0v) is 13.8. The van der Waals surface area contributed by atoms with E-state index in [9.17, 15) is 9.59 Å². The van der Waals surface area contributed by atoms with Crippen LogP contribution in [0.5, 0.6) is 0 Å². The van der Waals surface area contributed by atoms with Crippen molar-refractivity contribution in [3.8, 4) is 0 Å². The Balaban J connectivity index is 4.56. The van der Waals surface area contributed by atoms with E-state index in [4.69, 9.17) is 5.11 Å². The number of aliphatic carboxylic acids is 1. The minimum atomic E-state index is -0.998. The number of rotatable bonds is 6. The molecule has 0 saturated carbocycles. The molecule has 0 fully saturated rings. The molecular weight excluding hydrogens is 256 g/mol. The first-order valence-corrected chi connectivity index (χ1v) is 7.14. The van der Waals surface area contributed by atoms with Crippen molar-refractivity contribution >= 4 is 12.0 Å². The van der Waals surface area contributed by atoms with Crippen LogP contribution in [0.2, 0.25) is 0 Å². The normalized spacial score (nSPS) is 14.0. The molecule has 0 aliphatic carbocycles. The molecule has 0 aliphatic rings. The van der Waals surface area contributed by atoms with Gasteiger partial charge in [-0.2, -0.15) is 0 Å². The van der Waals surface area contributed by atoms with Crippen LogP contribution in [0.25, 0.3) is 0 Å². The SMILES string of the molecule is CC(C)C[C@H](NC(=O)NC(C)(C)CC(C)(C)C)C(=O)O. The molecule has 0 rings (SSSR count). The summed E-state index contributed by atoms with van der Waals surface area (Å²) in [4.78, 5) is 23.1. The van der Waals surface area contributed by atoms with Crippen molar-refractivity contribution in [2.24, 2.45) is 11.3 Å². The molecular formula is C15H30N2O3. The van der Waals surface area contributed by atoms with Crippen LogP contribution in [0.15, 0.2) is 0 Å². The summed E-state index contributed by atoms with van der Waals surface area (Å²) >= 11 is 0. The Morgan fingerprint density at radius 2 is 1.60 bits per heavy atom. The molecule has 1 atom stereocenters. The van der Waals surface area contributed by atoms with Gasteiger partial charge in [-0.3, -0.25) is 0 Å². The van der Waals surface area contributed by atoms with Gasteiger partial charge in [-0.15, -0.1) is 0 Å². The summed E-state index contributed by atoms with van der Waals surface area (Å²) in [6.07, 6.45) is 1.22. The van der Waals surface area contributed by atoms with Gasteiger partial charge in [0, 0.05) is 5.54 Å². The molecule has 0 aromatic heterocycles. The van der Waals surface area contributed by atoms with Gasteiger partial charge in [-0.25, -0.2) is 9.59 Å². The number of amides is 2.